The number of nitrogens with one attached hydrogen (secondary N) is 2. The molecule has 0 bridgehead atoms. The highest BCUT2D eigenvalue weighted by atomic mass is 16.5. The summed E-state index contributed by atoms with van der Waals surface area (Å²) in [7, 11) is 1.68. The normalized spacial score (nSPS) is 18.5. The molecule has 1 amide bonds. The molecule has 1 unspecified atom stereocenters. The molecule has 1 heterocycles. The highest BCUT2D eigenvalue weighted by Crippen LogP contribution is 2.09. The summed E-state index contributed by atoms with van der Waals surface area (Å²) in [5.74, 6) is 0.122. The van der Waals surface area contributed by atoms with Gasteiger partial charge in [-0.05, 0) is 30.5 Å². The second-order valence-electron chi connectivity index (χ2n) is 5.03. The maximum absolute atomic E-state index is 11.8. The van der Waals surface area contributed by atoms with Gasteiger partial charge in [-0.25, -0.2) is 0 Å². The first-order valence-corrected chi connectivity index (χ1v) is 6.85. The zero-order valence-corrected chi connectivity index (χ0v) is 11.4. The summed E-state index contributed by atoms with van der Waals surface area (Å²) in [5.41, 5.74) is 2.24. The van der Waals surface area contributed by atoms with Crippen LogP contribution in [0.5, 0.6) is 0 Å². The van der Waals surface area contributed by atoms with E-state index >= 15 is 0 Å². The van der Waals surface area contributed by atoms with Crippen LogP contribution in [0.4, 0.5) is 0 Å². The quantitative estimate of drug-likeness (QED) is 0.818. The monoisotopic (exact) mass is 262 g/mol. The number of carbonyl (C=O) groups excluding carboxylic acids is 1. The second-order valence-corrected chi connectivity index (χ2v) is 5.03. The van der Waals surface area contributed by atoms with E-state index in [1.54, 1.807) is 7.11 Å². The van der Waals surface area contributed by atoms with Gasteiger partial charge in [-0.2, -0.15) is 0 Å². The van der Waals surface area contributed by atoms with Crippen molar-refractivity contribution in [1.82, 2.24) is 10.6 Å². The minimum atomic E-state index is 0.122. The van der Waals surface area contributed by atoms with Crippen LogP contribution in [-0.4, -0.2) is 25.6 Å². The first kappa shape index (κ1) is 14.0. The fraction of sp³-hybridized carbons (Fsp3) is 0.533. The van der Waals surface area contributed by atoms with Crippen molar-refractivity contribution in [2.75, 3.05) is 13.7 Å². The largest absolute Gasteiger partial charge is 0.380 e. The van der Waals surface area contributed by atoms with Crippen LogP contribution in [-0.2, 0) is 22.7 Å². The second kappa shape index (κ2) is 7.26. The van der Waals surface area contributed by atoms with E-state index < -0.39 is 0 Å². The Morgan fingerprint density at radius 3 is 3.05 bits per heavy atom. The van der Waals surface area contributed by atoms with Crippen molar-refractivity contribution in [2.45, 2.75) is 38.5 Å². The summed E-state index contributed by atoms with van der Waals surface area (Å²) in [6.07, 6.45) is 2.87. The smallest absolute Gasteiger partial charge is 0.221 e. The van der Waals surface area contributed by atoms with Crippen LogP contribution < -0.4 is 10.6 Å². The third kappa shape index (κ3) is 4.65. The summed E-state index contributed by atoms with van der Waals surface area (Å²) >= 11 is 0. The summed E-state index contributed by atoms with van der Waals surface area (Å²) in [6, 6.07) is 8.47. The van der Waals surface area contributed by atoms with Gasteiger partial charge in [0.25, 0.3) is 0 Å². The first-order valence-electron chi connectivity index (χ1n) is 6.85. The number of benzene rings is 1. The minimum absolute atomic E-state index is 0.122. The average molecular weight is 262 g/mol. The Morgan fingerprint density at radius 1 is 1.47 bits per heavy atom. The van der Waals surface area contributed by atoms with Crippen molar-refractivity contribution in [3.8, 4) is 0 Å². The molecule has 1 aliphatic heterocycles. The number of hydrogen-bond acceptors (Lipinski definition) is 3. The van der Waals surface area contributed by atoms with Crippen molar-refractivity contribution in [3.63, 3.8) is 0 Å². The van der Waals surface area contributed by atoms with Crippen molar-refractivity contribution in [2.24, 2.45) is 0 Å². The molecule has 2 N–H and O–H groups in total. The molecule has 19 heavy (non-hydrogen) atoms. The highest BCUT2D eigenvalue weighted by Gasteiger charge is 2.17. The van der Waals surface area contributed by atoms with Gasteiger partial charge in [0.1, 0.15) is 0 Å². The Labute approximate surface area is 114 Å². The molecule has 1 atom stereocenters. The third-order valence-corrected chi connectivity index (χ3v) is 3.39. The standard InChI is InChI=1S/C15H22N2O2/c1-19-11-13-5-2-4-12(8-13)10-17-15(18)9-14-6-3-7-16-14/h2,4-5,8,14,16H,3,6-7,9-11H2,1H3,(H,17,18). The van der Waals surface area contributed by atoms with Crippen LogP contribution in [0, 0.1) is 0 Å². The number of rotatable bonds is 6. The summed E-state index contributed by atoms with van der Waals surface area (Å²) in [4.78, 5) is 11.8. The van der Waals surface area contributed by atoms with Crippen LogP contribution in [0.3, 0.4) is 0 Å². The Morgan fingerprint density at radius 2 is 2.32 bits per heavy atom. The first-order chi connectivity index (χ1) is 9.28. The van der Waals surface area contributed by atoms with Crippen molar-refractivity contribution < 1.29 is 9.53 Å². The molecule has 1 aromatic carbocycles. The zero-order chi connectivity index (χ0) is 13.5. The van der Waals surface area contributed by atoms with E-state index in [1.807, 2.05) is 18.2 Å². The van der Waals surface area contributed by atoms with E-state index in [-0.39, 0.29) is 5.91 Å². The molecule has 0 saturated carbocycles. The summed E-state index contributed by atoms with van der Waals surface area (Å²) in [6.45, 7) is 2.23. The lowest BCUT2D eigenvalue weighted by molar-refractivity contribution is -0.121. The zero-order valence-electron chi connectivity index (χ0n) is 11.4. The van der Waals surface area contributed by atoms with Crippen molar-refractivity contribution in [1.29, 1.82) is 0 Å². The lowest BCUT2D eigenvalue weighted by atomic mass is 10.1. The molecule has 4 heteroatoms. The van der Waals surface area contributed by atoms with Crippen molar-refractivity contribution >= 4 is 5.91 Å². The molecule has 2 rings (SSSR count). The maximum atomic E-state index is 11.8. The predicted octanol–water partition coefficient (Wildman–Crippen LogP) is 1.59. The van der Waals surface area contributed by atoms with E-state index in [2.05, 4.69) is 16.7 Å². The lowest BCUT2D eigenvalue weighted by Gasteiger charge is -2.11. The van der Waals surface area contributed by atoms with E-state index in [9.17, 15) is 4.79 Å². The molecule has 104 valence electrons. The molecule has 1 aliphatic rings. The van der Waals surface area contributed by atoms with Gasteiger partial charge in [0.2, 0.25) is 5.91 Å². The fourth-order valence-electron chi connectivity index (χ4n) is 2.42. The van der Waals surface area contributed by atoms with E-state index in [4.69, 9.17) is 4.74 Å². The molecule has 4 nitrogen and oxygen atoms in total. The van der Waals surface area contributed by atoms with Gasteiger partial charge in [0.05, 0.1) is 6.61 Å². The van der Waals surface area contributed by atoms with Crippen LogP contribution in [0.25, 0.3) is 0 Å². The van der Waals surface area contributed by atoms with Crippen LogP contribution >= 0.6 is 0 Å². The predicted molar refractivity (Wildman–Crippen MR) is 74.6 cm³/mol. The number of ether oxygens (including phenoxy) is 1. The molecular formula is C15H22N2O2. The number of carbonyl (C=O) groups is 1. The van der Waals surface area contributed by atoms with Crippen LogP contribution in [0.1, 0.15) is 30.4 Å². The summed E-state index contributed by atoms with van der Waals surface area (Å²) < 4.78 is 5.10. The van der Waals surface area contributed by atoms with E-state index in [1.165, 1.54) is 6.42 Å². The molecule has 1 saturated heterocycles. The lowest BCUT2D eigenvalue weighted by Crippen LogP contribution is -2.31. The van der Waals surface area contributed by atoms with Gasteiger partial charge in [-0.15, -0.1) is 0 Å². The Hall–Kier alpha value is -1.39. The number of hydrogen-bond donors (Lipinski definition) is 2. The number of methoxy groups -OCH3 is 1. The third-order valence-electron chi connectivity index (χ3n) is 3.39. The Bertz CT molecular complexity index is 414. The van der Waals surface area contributed by atoms with Gasteiger partial charge in [0.15, 0.2) is 0 Å². The molecular weight excluding hydrogens is 240 g/mol. The van der Waals surface area contributed by atoms with Crippen molar-refractivity contribution in [3.05, 3.63) is 35.4 Å². The topological polar surface area (TPSA) is 50.4 Å². The highest BCUT2D eigenvalue weighted by molar-refractivity contribution is 5.76. The van der Waals surface area contributed by atoms with Gasteiger partial charge in [-0.3, -0.25) is 4.79 Å². The van der Waals surface area contributed by atoms with Gasteiger partial charge < -0.3 is 15.4 Å². The molecule has 0 aromatic heterocycles. The molecule has 1 aromatic rings. The Balaban J connectivity index is 1.77. The van der Waals surface area contributed by atoms with Crippen LogP contribution in [0.15, 0.2) is 24.3 Å². The molecule has 0 radical (unpaired) electrons. The average Bonchev–Trinajstić information content (AvgIpc) is 2.90. The van der Waals surface area contributed by atoms with Gasteiger partial charge in [-0.1, -0.05) is 24.3 Å². The molecule has 1 fully saturated rings. The minimum Gasteiger partial charge on any atom is -0.380 e. The molecule has 0 aliphatic carbocycles. The van der Waals surface area contributed by atoms with Crippen LogP contribution in [0.2, 0.25) is 0 Å². The van der Waals surface area contributed by atoms with E-state index in [0.29, 0.717) is 25.6 Å². The van der Waals surface area contributed by atoms with Gasteiger partial charge in [0, 0.05) is 26.1 Å². The fourth-order valence-corrected chi connectivity index (χ4v) is 2.42. The summed E-state index contributed by atoms with van der Waals surface area (Å²) in [5, 5.41) is 6.31. The SMILES string of the molecule is COCc1cccc(CNC(=O)CC2CCCN2)c1. The maximum Gasteiger partial charge on any atom is 0.221 e. The van der Waals surface area contributed by atoms with Gasteiger partial charge >= 0.3 is 0 Å². The van der Waals surface area contributed by atoms with E-state index in [0.717, 1.165) is 24.1 Å². The number of amides is 1. The Kier molecular flexibility index (Phi) is 5.36. The molecule has 0 spiro atoms.